The molecule has 42 heavy (non-hydrogen) atoms. The average Bonchev–Trinajstić information content (AvgIpc) is 2.92. The van der Waals surface area contributed by atoms with E-state index in [-0.39, 0.29) is 24.5 Å². The van der Waals surface area contributed by atoms with Crippen molar-refractivity contribution >= 4 is 23.9 Å². The molecule has 3 amide bonds. The van der Waals surface area contributed by atoms with E-state index in [1.807, 2.05) is 6.92 Å². The number of hydrogen-bond donors (Lipinski definition) is 4. The summed E-state index contributed by atoms with van der Waals surface area (Å²) in [5, 5.41) is 25.1. The van der Waals surface area contributed by atoms with Gasteiger partial charge in [0.2, 0.25) is 11.8 Å². The molecule has 11 heteroatoms. The molecule has 0 aromatic heterocycles. The molecule has 2 aromatic rings. The molecule has 0 radical (unpaired) electrons. The Morgan fingerprint density at radius 1 is 1.00 bits per heavy atom. The summed E-state index contributed by atoms with van der Waals surface area (Å²) in [4.78, 5) is 54.1. The molecule has 0 bridgehead atoms. The fraction of sp³-hybridized carbons (Fsp3) is 0.484. The van der Waals surface area contributed by atoms with Crippen LogP contribution in [0, 0.1) is 6.92 Å². The van der Waals surface area contributed by atoms with Gasteiger partial charge in [-0.1, -0.05) is 38.0 Å². The molecular formula is C31H43N3O8. The Morgan fingerprint density at radius 2 is 1.67 bits per heavy atom. The third-order valence-electron chi connectivity index (χ3n) is 6.38. The highest BCUT2D eigenvalue weighted by molar-refractivity contribution is 5.93. The molecule has 230 valence electrons. The second-order valence-electron chi connectivity index (χ2n) is 11.1. The van der Waals surface area contributed by atoms with Crippen molar-refractivity contribution in [3.05, 3.63) is 59.2 Å². The third-order valence-corrected chi connectivity index (χ3v) is 6.38. The van der Waals surface area contributed by atoms with Crippen LogP contribution in [0.15, 0.2) is 42.5 Å². The van der Waals surface area contributed by atoms with Crippen LogP contribution in [-0.4, -0.2) is 70.8 Å². The van der Waals surface area contributed by atoms with Crippen LogP contribution in [0.5, 0.6) is 11.5 Å². The van der Waals surface area contributed by atoms with Gasteiger partial charge >= 0.3 is 12.1 Å². The van der Waals surface area contributed by atoms with Crippen molar-refractivity contribution in [3.8, 4) is 11.5 Å². The highest BCUT2D eigenvalue weighted by Crippen LogP contribution is 2.28. The Balaban J connectivity index is 2.59. The Kier molecular flexibility index (Phi) is 12.6. The maximum Gasteiger partial charge on any atom is 0.408 e. The van der Waals surface area contributed by atoms with Gasteiger partial charge in [-0.2, -0.15) is 0 Å². The quantitative estimate of drug-likeness (QED) is 0.204. The number of hydrogen-bond acceptors (Lipinski definition) is 8. The molecule has 0 saturated heterocycles. The molecule has 2 aromatic carbocycles. The molecule has 2 rings (SSSR count). The summed E-state index contributed by atoms with van der Waals surface area (Å²) in [5.74, 6) is -1.77. The monoisotopic (exact) mass is 585 g/mol. The summed E-state index contributed by atoms with van der Waals surface area (Å²) in [7, 11) is 1.20. The summed E-state index contributed by atoms with van der Waals surface area (Å²) in [5.41, 5.74) is 0.740. The summed E-state index contributed by atoms with van der Waals surface area (Å²) in [6, 6.07) is 8.48. The first-order chi connectivity index (χ1) is 19.7. The number of carbonyl (C=O) groups is 4. The van der Waals surface area contributed by atoms with Crippen molar-refractivity contribution in [1.82, 2.24) is 15.5 Å². The number of nitrogens with zero attached hydrogens (tertiary/aromatic N) is 1. The minimum atomic E-state index is -1.19. The van der Waals surface area contributed by atoms with Crippen LogP contribution < -0.4 is 10.6 Å². The van der Waals surface area contributed by atoms with Crippen molar-refractivity contribution in [3.63, 3.8) is 0 Å². The Bertz CT molecular complexity index is 1220. The maximum absolute atomic E-state index is 14.4. The van der Waals surface area contributed by atoms with Crippen LogP contribution >= 0.6 is 0 Å². The minimum Gasteiger partial charge on any atom is -0.508 e. The van der Waals surface area contributed by atoms with Gasteiger partial charge in [-0.05, 0) is 75.1 Å². The number of alkyl carbamates (subject to hydrolysis) is 1. The van der Waals surface area contributed by atoms with Crippen LogP contribution in [0.4, 0.5) is 4.79 Å². The van der Waals surface area contributed by atoms with Crippen LogP contribution in [0.3, 0.4) is 0 Å². The first-order valence-corrected chi connectivity index (χ1v) is 14.0. The Hall–Kier alpha value is -4.28. The van der Waals surface area contributed by atoms with Gasteiger partial charge in [-0.3, -0.25) is 14.4 Å². The number of aryl methyl sites for hydroxylation is 1. The molecule has 4 N–H and O–H groups in total. The number of unbranched alkanes of at least 4 members (excludes halogenated alkanes) is 2. The number of phenolic OH excluding ortho intramolecular Hbond substituents is 2. The van der Waals surface area contributed by atoms with Gasteiger partial charge < -0.3 is 35.2 Å². The van der Waals surface area contributed by atoms with Crippen molar-refractivity contribution in [2.75, 3.05) is 20.2 Å². The summed E-state index contributed by atoms with van der Waals surface area (Å²) in [6.45, 7) is 8.55. The number of benzene rings is 2. The lowest BCUT2D eigenvalue weighted by Crippen LogP contribution is -2.54. The molecule has 0 spiro atoms. The number of nitrogens with one attached hydrogen (secondary N) is 2. The summed E-state index contributed by atoms with van der Waals surface area (Å²) in [6.07, 6.45) is 1.44. The highest BCUT2D eigenvalue weighted by atomic mass is 16.6. The van der Waals surface area contributed by atoms with Gasteiger partial charge in [0.05, 0.1) is 7.11 Å². The van der Waals surface area contributed by atoms with E-state index >= 15 is 0 Å². The molecule has 0 aliphatic heterocycles. The third kappa shape index (κ3) is 10.6. The van der Waals surface area contributed by atoms with Crippen molar-refractivity contribution < 1.29 is 38.9 Å². The first-order valence-electron chi connectivity index (χ1n) is 14.0. The normalized spacial score (nSPS) is 12.5. The number of aromatic hydroxyl groups is 2. The fourth-order valence-electron chi connectivity index (χ4n) is 4.27. The van der Waals surface area contributed by atoms with E-state index in [2.05, 4.69) is 15.4 Å². The van der Waals surface area contributed by atoms with Crippen LogP contribution in [0.25, 0.3) is 0 Å². The fourth-order valence-corrected chi connectivity index (χ4v) is 4.27. The van der Waals surface area contributed by atoms with E-state index in [4.69, 9.17) is 4.74 Å². The molecule has 0 saturated carbocycles. The molecule has 0 heterocycles. The standard InChI is InChI=1S/C31H43N3O8/c1-7-8-9-16-34(27(28(38)32-19-26(37)41-6)22-12-15-25(36)20(2)17-22)29(39)24(33-30(40)42-31(3,4)5)18-21-10-13-23(35)14-11-21/h10-15,17,24,27,35-36H,7-9,16,18-19H2,1-6H3,(H,32,38)(H,33,40). The Labute approximate surface area is 247 Å². The van der Waals surface area contributed by atoms with Gasteiger partial charge in [0.1, 0.15) is 35.7 Å². The van der Waals surface area contributed by atoms with Gasteiger partial charge in [0.25, 0.3) is 0 Å². The Morgan fingerprint density at radius 3 is 2.24 bits per heavy atom. The number of methoxy groups -OCH3 is 1. The van der Waals surface area contributed by atoms with Crippen molar-refractivity contribution in [2.24, 2.45) is 0 Å². The molecule has 11 nitrogen and oxygen atoms in total. The molecule has 2 atom stereocenters. The average molecular weight is 586 g/mol. The zero-order chi connectivity index (χ0) is 31.4. The molecular weight excluding hydrogens is 542 g/mol. The van der Waals surface area contributed by atoms with Crippen molar-refractivity contribution in [2.45, 2.75) is 78.0 Å². The van der Waals surface area contributed by atoms with Crippen LogP contribution in [0.1, 0.15) is 69.7 Å². The van der Waals surface area contributed by atoms with E-state index in [9.17, 15) is 29.4 Å². The van der Waals surface area contributed by atoms with E-state index in [1.54, 1.807) is 52.0 Å². The smallest absolute Gasteiger partial charge is 0.408 e. The molecule has 0 fully saturated rings. The number of amides is 3. The predicted octanol–water partition coefficient (Wildman–Crippen LogP) is 3.89. The lowest BCUT2D eigenvalue weighted by Gasteiger charge is -2.35. The number of esters is 1. The summed E-state index contributed by atoms with van der Waals surface area (Å²) < 4.78 is 10.1. The number of ether oxygens (including phenoxy) is 2. The van der Waals surface area contributed by atoms with Gasteiger partial charge in [0, 0.05) is 13.0 Å². The van der Waals surface area contributed by atoms with Crippen molar-refractivity contribution in [1.29, 1.82) is 0 Å². The number of rotatable bonds is 13. The highest BCUT2D eigenvalue weighted by Gasteiger charge is 2.36. The number of phenols is 2. The van der Waals surface area contributed by atoms with Gasteiger partial charge in [0.15, 0.2) is 0 Å². The minimum absolute atomic E-state index is 0.0214. The topological polar surface area (TPSA) is 154 Å². The molecule has 0 aliphatic carbocycles. The molecule has 2 unspecified atom stereocenters. The predicted molar refractivity (Wildman–Crippen MR) is 157 cm³/mol. The van der Waals surface area contributed by atoms with Gasteiger partial charge in [-0.25, -0.2) is 4.79 Å². The molecule has 0 aliphatic rings. The van der Waals surface area contributed by atoms with E-state index in [1.165, 1.54) is 30.2 Å². The van der Waals surface area contributed by atoms with Crippen LogP contribution in [0.2, 0.25) is 0 Å². The number of carbonyl (C=O) groups excluding carboxylic acids is 4. The SMILES string of the molecule is CCCCCN(C(=O)C(Cc1ccc(O)cc1)NC(=O)OC(C)(C)C)C(C(=O)NCC(=O)OC)c1ccc(O)c(C)c1. The lowest BCUT2D eigenvalue weighted by molar-refractivity contribution is -0.144. The van der Waals surface area contributed by atoms with E-state index in [0.717, 1.165) is 12.8 Å². The first kappa shape index (κ1) is 33.9. The second kappa shape index (κ2) is 15.6. The zero-order valence-corrected chi connectivity index (χ0v) is 25.2. The zero-order valence-electron chi connectivity index (χ0n) is 25.2. The van der Waals surface area contributed by atoms with Crippen LogP contribution in [-0.2, 0) is 30.3 Å². The lowest BCUT2D eigenvalue weighted by atomic mass is 9.98. The second-order valence-corrected chi connectivity index (χ2v) is 11.1. The maximum atomic E-state index is 14.4. The van der Waals surface area contributed by atoms with E-state index < -0.39 is 48.1 Å². The largest absolute Gasteiger partial charge is 0.508 e. The van der Waals surface area contributed by atoms with Gasteiger partial charge in [-0.15, -0.1) is 0 Å². The summed E-state index contributed by atoms with van der Waals surface area (Å²) >= 11 is 0. The van der Waals surface area contributed by atoms with E-state index in [0.29, 0.717) is 23.1 Å².